The highest BCUT2D eigenvalue weighted by molar-refractivity contribution is 9.08. The first-order valence-corrected chi connectivity index (χ1v) is 15.0. The number of alkyl halides is 1. The molecule has 10 nitrogen and oxygen atoms in total. The Labute approximate surface area is 265 Å². The van der Waals surface area contributed by atoms with Gasteiger partial charge in [-0.3, -0.25) is 0 Å². The number of ether oxygens (including phenoxy) is 5. The quantitative estimate of drug-likeness (QED) is 0.0861. The summed E-state index contributed by atoms with van der Waals surface area (Å²) in [7, 11) is 0. The zero-order chi connectivity index (χ0) is 33.0. The maximum Gasteiger partial charge on any atom is 0.514 e. The van der Waals surface area contributed by atoms with Crippen LogP contribution in [0, 0.1) is 0 Å². The summed E-state index contributed by atoms with van der Waals surface area (Å²) in [5.41, 5.74) is -2.15. The van der Waals surface area contributed by atoms with E-state index in [1.54, 1.807) is 98.7 Å². The largest absolute Gasteiger partial charge is 0.514 e. The molecule has 0 aliphatic carbocycles. The van der Waals surface area contributed by atoms with Gasteiger partial charge in [0.2, 0.25) is 0 Å². The Morgan fingerprint density at radius 3 is 1.75 bits per heavy atom. The Hall–Kier alpha value is -4.12. The molecule has 0 N–H and O–H groups in total. The lowest BCUT2D eigenvalue weighted by Gasteiger charge is -2.28. The van der Waals surface area contributed by atoms with E-state index in [9.17, 15) is 19.2 Å². The molecule has 0 spiro atoms. The highest BCUT2D eigenvalue weighted by atomic mass is 79.9. The lowest BCUT2D eigenvalue weighted by Crippen LogP contribution is -2.43. The number of benzene rings is 3. The molecule has 0 radical (unpaired) electrons. The SMILES string of the molecule is CC(C)(C)OC(=O)Oc1c(C(=O)Oc2ccccc2)c(CBr)cc2cc(N(C(=O)OC(C)(C)C)C(=O)OC(C)(C)C)ccc12. The Bertz CT molecular complexity index is 1520. The summed E-state index contributed by atoms with van der Waals surface area (Å²) in [4.78, 5) is 53.7. The first-order valence-electron chi connectivity index (χ1n) is 13.9. The van der Waals surface area contributed by atoms with Crippen molar-refractivity contribution < 1.29 is 42.9 Å². The number of fused-ring (bicyclic) bond motifs is 1. The van der Waals surface area contributed by atoms with Crippen LogP contribution in [0.1, 0.15) is 78.2 Å². The fourth-order valence-corrected chi connectivity index (χ4v) is 4.33. The van der Waals surface area contributed by atoms with E-state index in [4.69, 9.17) is 23.7 Å². The topological polar surface area (TPSA) is 118 Å². The molecule has 3 aromatic rings. The normalized spacial score (nSPS) is 11.9. The van der Waals surface area contributed by atoms with Gasteiger partial charge in [-0.15, -0.1) is 0 Å². The molecule has 3 aromatic carbocycles. The number of hydrogen-bond acceptors (Lipinski definition) is 9. The zero-order valence-electron chi connectivity index (χ0n) is 26.4. The van der Waals surface area contributed by atoms with Gasteiger partial charge in [-0.25, -0.2) is 19.2 Å². The van der Waals surface area contributed by atoms with Crippen LogP contribution in [0.15, 0.2) is 54.6 Å². The smallest absolute Gasteiger partial charge is 0.443 e. The van der Waals surface area contributed by atoms with Gasteiger partial charge in [0, 0.05) is 10.7 Å². The number of anilines is 1. The minimum atomic E-state index is -1.03. The van der Waals surface area contributed by atoms with Crippen LogP contribution in [0.25, 0.3) is 10.8 Å². The van der Waals surface area contributed by atoms with Crippen LogP contribution in [-0.4, -0.2) is 41.1 Å². The van der Waals surface area contributed by atoms with Crippen molar-refractivity contribution in [3.05, 3.63) is 65.7 Å². The Morgan fingerprint density at radius 1 is 0.705 bits per heavy atom. The van der Waals surface area contributed by atoms with E-state index in [1.807, 2.05) is 0 Å². The van der Waals surface area contributed by atoms with Gasteiger partial charge in [0.1, 0.15) is 28.1 Å². The van der Waals surface area contributed by atoms with Gasteiger partial charge >= 0.3 is 24.3 Å². The average Bonchev–Trinajstić information content (AvgIpc) is 2.85. The molecular weight excluding hydrogens is 634 g/mol. The molecular formula is C33H38BrNO9. The number of amides is 2. The van der Waals surface area contributed by atoms with Gasteiger partial charge in [-0.2, -0.15) is 4.90 Å². The maximum absolute atomic E-state index is 13.5. The standard InChI is InChI=1S/C33H38BrNO9/c1-31(2,3)42-28(37)35(29(38)43-32(4,5)6)22-15-16-24-20(18-22)17-21(19-34)25(26(24)41-30(39)44-33(7,8)9)27(36)40-23-13-11-10-12-14-23/h10-18H,19H2,1-9H3. The van der Waals surface area contributed by atoms with E-state index >= 15 is 0 Å². The number of carbonyl (C=O) groups excluding carboxylic acids is 4. The Balaban J connectivity index is 2.23. The first-order chi connectivity index (χ1) is 20.3. The van der Waals surface area contributed by atoms with Gasteiger partial charge in [-0.05, 0) is 110 Å². The molecule has 0 atom stereocenters. The predicted octanol–water partition coefficient (Wildman–Crippen LogP) is 8.94. The second-order valence-electron chi connectivity index (χ2n) is 12.8. The van der Waals surface area contributed by atoms with Crippen molar-refractivity contribution in [1.82, 2.24) is 0 Å². The number of hydrogen-bond donors (Lipinski definition) is 0. The summed E-state index contributed by atoms with van der Waals surface area (Å²) in [6.07, 6.45) is -2.92. The predicted molar refractivity (Wildman–Crippen MR) is 170 cm³/mol. The maximum atomic E-state index is 13.5. The number of esters is 1. The number of nitrogens with zero attached hydrogens (tertiary/aromatic N) is 1. The average molecular weight is 673 g/mol. The molecule has 0 aliphatic heterocycles. The monoisotopic (exact) mass is 671 g/mol. The molecule has 0 aliphatic rings. The van der Waals surface area contributed by atoms with Crippen LogP contribution in [-0.2, 0) is 19.5 Å². The van der Waals surface area contributed by atoms with E-state index < -0.39 is 41.1 Å². The summed E-state index contributed by atoms with van der Waals surface area (Å²) >= 11 is 3.42. The Morgan fingerprint density at radius 2 is 1.25 bits per heavy atom. The molecule has 11 heteroatoms. The van der Waals surface area contributed by atoms with Gasteiger partial charge < -0.3 is 23.7 Å². The number of rotatable bonds is 5. The molecule has 0 saturated carbocycles. The summed E-state index contributed by atoms with van der Waals surface area (Å²) in [5, 5.41) is 0.917. The number of para-hydroxylation sites is 1. The lowest BCUT2D eigenvalue weighted by atomic mass is 9.99. The minimum Gasteiger partial charge on any atom is -0.443 e. The van der Waals surface area contributed by atoms with Crippen LogP contribution >= 0.6 is 15.9 Å². The third kappa shape index (κ3) is 9.44. The first kappa shape index (κ1) is 34.4. The van der Waals surface area contributed by atoms with Crippen molar-refractivity contribution in [2.24, 2.45) is 0 Å². The molecule has 0 fully saturated rings. The summed E-state index contributed by atoms with van der Waals surface area (Å²) in [6.45, 7) is 15.1. The molecule has 0 saturated heterocycles. The van der Waals surface area contributed by atoms with E-state index in [1.165, 1.54) is 18.2 Å². The van der Waals surface area contributed by atoms with Crippen molar-refractivity contribution in [2.75, 3.05) is 4.90 Å². The summed E-state index contributed by atoms with van der Waals surface area (Å²) in [5.74, 6) is -0.582. The fraction of sp³-hybridized carbons (Fsp3) is 0.394. The van der Waals surface area contributed by atoms with Crippen LogP contribution in [0.4, 0.5) is 20.1 Å². The molecule has 0 bridgehead atoms. The molecule has 3 rings (SSSR count). The van der Waals surface area contributed by atoms with Crippen molar-refractivity contribution in [2.45, 2.75) is 84.4 Å². The molecule has 2 amide bonds. The van der Waals surface area contributed by atoms with Crippen LogP contribution < -0.4 is 14.4 Å². The zero-order valence-corrected chi connectivity index (χ0v) is 28.0. The third-order valence-electron chi connectivity index (χ3n) is 5.44. The number of imide groups is 1. The van der Waals surface area contributed by atoms with Crippen molar-refractivity contribution in [3.8, 4) is 11.5 Å². The third-order valence-corrected chi connectivity index (χ3v) is 6.05. The highest BCUT2D eigenvalue weighted by Gasteiger charge is 2.34. The van der Waals surface area contributed by atoms with E-state index in [2.05, 4.69) is 15.9 Å². The van der Waals surface area contributed by atoms with E-state index in [0.717, 1.165) is 4.90 Å². The Kier molecular flexibility index (Phi) is 10.4. The minimum absolute atomic E-state index is 0.00650. The number of halogens is 1. The second-order valence-corrected chi connectivity index (χ2v) is 13.4. The van der Waals surface area contributed by atoms with Gasteiger partial charge in [0.15, 0.2) is 5.75 Å². The highest BCUT2D eigenvalue weighted by Crippen LogP contribution is 2.38. The second kappa shape index (κ2) is 13.3. The van der Waals surface area contributed by atoms with E-state index in [0.29, 0.717) is 22.1 Å². The molecule has 0 unspecified atom stereocenters. The van der Waals surface area contributed by atoms with Crippen LogP contribution in [0.2, 0.25) is 0 Å². The molecule has 0 aromatic heterocycles. The summed E-state index contributed by atoms with van der Waals surface area (Å²) < 4.78 is 27.7. The van der Waals surface area contributed by atoms with Crippen molar-refractivity contribution >= 4 is 56.7 Å². The molecule has 236 valence electrons. The lowest BCUT2D eigenvalue weighted by molar-refractivity contribution is 0.0206. The van der Waals surface area contributed by atoms with E-state index in [-0.39, 0.29) is 22.3 Å². The summed E-state index contributed by atoms with van der Waals surface area (Å²) in [6, 6.07) is 14.6. The van der Waals surface area contributed by atoms with Gasteiger partial charge in [0.25, 0.3) is 0 Å². The van der Waals surface area contributed by atoms with Crippen molar-refractivity contribution in [3.63, 3.8) is 0 Å². The van der Waals surface area contributed by atoms with Gasteiger partial charge in [0.05, 0.1) is 5.69 Å². The molecule has 0 heterocycles. The van der Waals surface area contributed by atoms with Crippen LogP contribution in [0.3, 0.4) is 0 Å². The van der Waals surface area contributed by atoms with Crippen LogP contribution in [0.5, 0.6) is 11.5 Å². The fourth-order valence-electron chi connectivity index (χ4n) is 3.89. The molecule has 44 heavy (non-hydrogen) atoms. The number of carbonyl (C=O) groups is 4. The van der Waals surface area contributed by atoms with Gasteiger partial charge in [-0.1, -0.05) is 34.1 Å². The van der Waals surface area contributed by atoms with Crippen molar-refractivity contribution in [1.29, 1.82) is 0 Å².